The van der Waals surface area contributed by atoms with E-state index in [1.54, 1.807) is 12.1 Å². The van der Waals surface area contributed by atoms with Crippen LogP contribution in [0.1, 0.15) is 56.9 Å². The summed E-state index contributed by atoms with van der Waals surface area (Å²) in [6.45, 7) is 5.73. The summed E-state index contributed by atoms with van der Waals surface area (Å²) in [6.07, 6.45) is -4.39. The zero-order valence-corrected chi connectivity index (χ0v) is 25.2. The van der Waals surface area contributed by atoms with Gasteiger partial charge in [0.05, 0.1) is 13.2 Å². The summed E-state index contributed by atoms with van der Waals surface area (Å²) in [5.41, 5.74) is 2.28. The summed E-state index contributed by atoms with van der Waals surface area (Å²) in [6, 6.07) is 12.9. The highest BCUT2D eigenvalue weighted by atomic mass is 35.5. The first-order valence-corrected chi connectivity index (χ1v) is 14.3. The smallest absolute Gasteiger partial charge is 0.303 e. The Morgan fingerprint density at radius 1 is 0.837 bits per heavy atom. The van der Waals surface area contributed by atoms with Gasteiger partial charge in [-0.1, -0.05) is 35.9 Å². The van der Waals surface area contributed by atoms with Crippen LogP contribution in [-0.4, -0.2) is 74.2 Å². The van der Waals surface area contributed by atoms with E-state index >= 15 is 0 Å². The molecule has 0 bridgehead atoms. The minimum atomic E-state index is -1.26. The Hall–Kier alpha value is -3.67. The summed E-state index contributed by atoms with van der Waals surface area (Å²) >= 11 is 6.59. The van der Waals surface area contributed by atoms with Crippen LogP contribution < -0.4 is 4.74 Å². The molecule has 2 heterocycles. The number of carbonyl (C=O) groups excluding carboxylic acids is 4. The molecular weight excluding hydrogens is 584 g/mol. The van der Waals surface area contributed by atoms with Crippen LogP contribution in [0.25, 0.3) is 0 Å². The summed E-state index contributed by atoms with van der Waals surface area (Å²) in [4.78, 5) is 48.0. The van der Waals surface area contributed by atoms with E-state index in [1.807, 2.05) is 30.3 Å². The van der Waals surface area contributed by atoms with Crippen LogP contribution in [0.2, 0.25) is 5.02 Å². The zero-order chi connectivity index (χ0) is 31.1. The zero-order valence-electron chi connectivity index (χ0n) is 24.4. The van der Waals surface area contributed by atoms with Crippen LogP contribution in [0.4, 0.5) is 0 Å². The molecule has 2 saturated heterocycles. The molecule has 12 heteroatoms. The quantitative estimate of drug-likeness (QED) is 0.284. The molecule has 2 fully saturated rings. The van der Waals surface area contributed by atoms with Crippen LogP contribution in [0.15, 0.2) is 42.5 Å². The van der Waals surface area contributed by atoms with Gasteiger partial charge in [0.1, 0.15) is 30.7 Å². The third kappa shape index (κ3) is 8.92. The Morgan fingerprint density at radius 3 is 2.09 bits per heavy atom. The van der Waals surface area contributed by atoms with Crippen LogP contribution in [0, 0.1) is 0 Å². The molecule has 0 unspecified atom stereocenters. The van der Waals surface area contributed by atoms with Gasteiger partial charge >= 0.3 is 23.9 Å². The van der Waals surface area contributed by atoms with Crippen molar-refractivity contribution >= 4 is 35.5 Å². The second kappa shape index (κ2) is 14.7. The third-order valence-electron chi connectivity index (χ3n) is 6.90. The van der Waals surface area contributed by atoms with Gasteiger partial charge < -0.3 is 33.2 Å². The van der Waals surface area contributed by atoms with Gasteiger partial charge in [-0.25, -0.2) is 0 Å². The van der Waals surface area contributed by atoms with Crippen molar-refractivity contribution in [1.29, 1.82) is 0 Å². The highest BCUT2D eigenvalue weighted by Crippen LogP contribution is 2.39. The number of esters is 4. The van der Waals surface area contributed by atoms with E-state index in [1.165, 1.54) is 27.7 Å². The van der Waals surface area contributed by atoms with Gasteiger partial charge in [-0.2, -0.15) is 0 Å². The Balaban J connectivity index is 1.65. The van der Waals surface area contributed by atoms with Crippen LogP contribution in [0.5, 0.6) is 5.75 Å². The molecule has 0 spiro atoms. The lowest BCUT2D eigenvalue weighted by Crippen LogP contribution is -2.59. The van der Waals surface area contributed by atoms with E-state index in [4.69, 9.17) is 44.8 Å². The Kier molecular flexibility index (Phi) is 11.0. The Morgan fingerprint density at radius 2 is 1.49 bits per heavy atom. The molecule has 2 aliphatic rings. The lowest BCUT2D eigenvalue weighted by molar-refractivity contribution is -0.254. The number of rotatable bonds is 10. The van der Waals surface area contributed by atoms with E-state index in [-0.39, 0.29) is 12.7 Å². The molecule has 232 valence electrons. The van der Waals surface area contributed by atoms with E-state index in [0.29, 0.717) is 30.2 Å². The molecule has 0 aromatic heterocycles. The van der Waals surface area contributed by atoms with Crippen LogP contribution in [0.3, 0.4) is 0 Å². The molecular formula is C31H35ClO11. The second-order valence-corrected chi connectivity index (χ2v) is 10.8. The van der Waals surface area contributed by atoms with Crippen LogP contribution >= 0.6 is 11.6 Å². The highest BCUT2D eigenvalue weighted by molar-refractivity contribution is 6.31. The third-order valence-corrected chi connectivity index (χ3v) is 7.27. The van der Waals surface area contributed by atoms with Crippen molar-refractivity contribution in [1.82, 2.24) is 0 Å². The molecule has 4 rings (SSSR count). The standard InChI is InChI=1S/C31H35ClO11/c1-17(33)38-16-27-29(39-18(2)34)31(41-20(4)36)30(40-19(3)35)28(43-27)22-7-10-26(32)23(14-22)13-21-5-8-24(9-6-21)42-25-11-12-37-15-25/h5-10,14,25,27-31H,11-13,15-16H2,1-4H3/t25-,27-,28+,29-,30+,31+/m1/s1. The molecule has 0 saturated carbocycles. The first-order valence-electron chi connectivity index (χ1n) is 13.9. The second-order valence-electron chi connectivity index (χ2n) is 10.4. The SMILES string of the molecule is CC(=O)OC[C@H]1O[C@@H](c2ccc(Cl)c(Cc3ccc(O[C@@H]4CCOC4)cc3)c2)[C@H](OC(C)=O)[C@@H](OC(C)=O)[C@@H]1OC(C)=O. The van der Waals surface area contributed by atoms with Gasteiger partial charge in [-0.3, -0.25) is 19.2 Å². The van der Waals surface area contributed by atoms with Gasteiger partial charge in [-0.05, 0) is 41.3 Å². The normalized spacial score (nSPS) is 25.0. The van der Waals surface area contributed by atoms with Crippen molar-refractivity contribution < 1.29 is 52.3 Å². The van der Waals surface area contributed by atoms with E-state index < -0.39 is 54.4 Å². The lowest BCUT2D eigenvalue weighted by Gasteiger charge is -2.44. The van der Waals surface area contributed by atoms with E-state index in [2.05, 4.69) is 0 Å². The lowest BCUT2D eigenvalue weighted by atomic mass is 9.89. The maximum Gasteiger partial charge on any atom is 0.303 e. The number of ether oxygens (including phenoxy) is 7. The first kappa shape index (κ1) is 32.2. The van der Waals surface area contributed by atoms with Crippen molar-refractivity contribution in [2.75, 3.05) is 19.8 Å². The molecule has 2 aromatic carbocycles. The molecule has 2 aliphatic heterocycles. The Labute approximate surface area is 254 Å². The molecule has 0 radical (unpaired) electrons. The van der Waals surface area contributed by atoms with E-state index in [0.717, 1.165) is 23.3 Å². The summed E-state index contributed by atoms with van der Waals surface area (Å²) in [5.74, 6) is -1.90. The fourth-order valence-electron chi connectivity index (χ4n) is 5.11. The van der Waals surface area contributed by atoms with E-state index in [9.17, 15) is 19.2 Å². The van der Waals surface area contributed by atoms with Crippen LogP contribution in [-0.2, 0) is 54.0 Å². The maximum absolute atomic E-state index is 12.2. The van der Waals surface area contributed by atoms with Crippen molar-refractivity contribution in [3.8, 4) is 5.75 Å². The number of carbonyl (C=O) groups is 4. The number of benzene rings is 2. The maximum atomic E-state index is 12.2. The first-order chi connectivity index (χ1) is 20.5. The molecule has 6 atom stereocenters. The topological polar surface area (TPSA) is 133 Å². The van der Waals surface area contributed by atoms with Gasteiger partial charge in [0, 0.05) is 39.1 Å². The minimum absolute atomic E-state index is 0.0403. The molecule has 0 amide bonds. The van der Waals surface area contributed by atoms with Crippen molar-refractivity contribution in [3.63, 3.8) is 0 Å². The average Bonchev–Trinajstić information content (AvgIpc) is 3.44. The molecule has 0 N–H and O–H groups in total. The number of halogens is 1. The number of hydrogen-bond acceptors (Lipinski definition) is 11. The number of hydrogen-bond donors (Lipinski definition) is 0. The average molecular weight is 619 g/mol. The van der Waals surface area contributed by atoms with Crippen molar-refractivity contribution in [3.05, 3.63) is 64.2 Å². The monoisotopic (exact) mass is 618 g/mol. The molecule has 43 heavy (non-hydrogen) atoms. The van der Waals surface area contributed by atoms with Gasteiger partial charge in [0.25, 0.3) is 0 Å². The minimum Gasteiger partial charge on any atom is -0.488 e. The largest absolute Gasteiger partial charge is 0.488 e. The van der Waals surface area contributed by atoms with Gasteiger partial charge in [-0.15, -0.1) is 0 Å². The molecule has 11 nitrogen and oxygen atoms in total. The summed E-state index contributed by atoms with van der Waals surface area (Å²) < 4.78 is 39.4. The van der Waals surface area contributed by atoms with Crippen molar-refractivity contribution in [2.24, 2.45) is 0 Å². The van der Waals surface area contributed by atoms with Gasteiger partial charge in [0.15, 0.2) is 18.3 Å². The predicted molar refractivity (Wildman–Crippen MR) is 151 cm³/mol. The summed E-state index contributed by atoms with van der Waals surface area (Å²) in [5, 5.41) is 0.498. The fraction of sp³-hybridized carbons (Fsp3) is 0.484. The predicted octanol–water partition coefficient (Wildman–Crippen LogP) is 3.90. The molecule has 2 aromatic rings. The van der Waals surface area contributed by atoms with Gasteiger partial charge in [0.2, 0.25) is 0 Å². The summed E-state index contributed by atoms with van der Waals surface area (Å²) in [7, 11) is 0. The fourth-order valence-corrected chi connectivity index (χ4v) is 5.29. The highest BCUT2D eigenvalue weighted by Gasteiger charge is 2.52. The van der Waals surface area contributed by atoms with Crippen molar-refractivity contribution in [2.45, 2.75) is 77.2 Å². The molecule has 0 aliphatic carbocycles. The Bertz CT molecular complexity index is 1310.